The lowest BCUT2D eigenvalue weighted by Gasteiger charge is -2.11. The Balaban J connectivity index is 2.03. The van der Waals surface area contributed by atoms with E-state index in [4.69, 9.17) is 5.73 Å². The minimum absolute atomic E-state index is 0.196. The zero-order chi connectivity index (χ0) is 12.5. The molecule has 1 saturated heterocycles. The van der Waals surface area contributed by atoms with Gasteiger partial charge >= 0.3 is 0 Å². The highest BCUT2D eigenvalue weighted by Crippen LogP contribution is 2.20. The number of hydrogen-bond donors (Lipinski definition) is 2. The number of anilines is 2. The number of aryl methyl sites for hydroxylation is 1. The summed E-state index contributed by atoms with van der Waals surface area (Å²) < 4.78 is 23.2. The Morgan fingerprint density at radius 1 is 1.53 bits per heavy atom. The topological polar surface area (TPSA) is 98.0 Å². The monoisotopic (exact) mass is 256 g/mol. The normalized spacial score (nSPS) is 22.5. The van der Waals surface area contributed by atoms with E-state index >= 15 is 0 Å². The van der Waals surface area contributed by atoms with Crippen LogP contribution in [0.25, 0.3) is 0 Å². The summed E-state index contributed by atoms with van der Waals surface area (Å²) >= 11 is 0. The molecule has 17 heavy (non-hydrogen) atoms. The molecule has 2 rings (SSSR count). The van der Waals surface area contributed by atoms with E-state index in [1.165, 1.54) is 0 Å². The molecule has 7 heteroatoms. The molecular formula is C10H16N4O2S. The first-order valence-corrected chi connectivity index (χ1v) is 7.25. The highest BCUT2D eigenvalue weighted by Gasteiger charge is 2.30. The van der Waals surface area contributed by atoms with Gasteiger partial charge in [-0.15, -0.1) is 0 Å². The van der Waals surface area contributed by atoms with E-state index < -0.39 is 9.84 Å². The van der Waals surface area contributed by atoms with Crippen LogP contribution in [0.2, 0.25) is 0 Å². The average Bonchev–Trinajstić information content (AvgIpc) is 2.53. The number of sulfone groups is 1. The Labute approximate surface area is 101 Å². The highest BCUT2D eigenvalue weighted by atomic mass is 32.2. The van der Waals surface area contributed by atoms with Crippen LogP contribution in [0.15, 0.2) is 6.07 Å². The molecule has 0 radical (unpaired) electrons. The van der Waals surface area contributed by atoms with Crippen LogP contribution in [0.3, 0.4) is 0 Å². The number of nitrogens with zero attached hydrogens (tertiary/aromatic N) is 2. The first kappa shape index (κ1) is 12.1. The lowest BCUT2D eigenvalue weighted by molar-refractivity contribution is 0.591. The van der Waals surface area contributed by atoms with Crippen molar-refractivity contribution in [3.63, 3.8) is 0 Å². The number of rotatable bonds is 3. The van der Waals surface area contributed by atoms with Gasteiger partial charge < -0.3 is 11.1 Å². The number of nitrogens with two attached hydrogens (primary N) is 1. The minimum Gasteiger partial charge on any atom is -0.369 e. The number of nitrogen functional groups attached to an aromatic ring is 1. The van der Waals surface area contributed by atoms with Gasteiger partial charge in [-0.3, -0.25) is 0 Å². The minimum atomic E-state index is -2.91. The second-order valence-electron chi connectivity index (χ2n) is 4.26. The van der Waals surface area contributed by atoms with Crippen molar-refractivity contribution in [3.8, 4) is 0 Å². The third-order valence-electron chi connectivity index (χ3n) is 2.85. The Morgan fingerprint density at radius 3 is 2.88 bits per heavy atom. The molecule has 0 aromatic carbocycles. The molecule has 0 aliphatic carbocycles. The maximum atomic E-state index is 11.6. The number of aromatic nitrogens is 2. The van der Waals surface area contributed by atoms with Crippen molar-refractivity contribution < 1.29 is 8.42 Å². The SMILES string of the molecule is Cc1cc(NCC2CCCS2(=O)=O)nc(N)n1. The van der Waals surface area contributed by atoms with Crippen molar-refractivity contribution >= 4 is 21.6 Å². The summed E-state index contributed by atoms with van der Waals surface area (Å²) in [5.74, 6) is 1.07. The molecule has 1 aromatic rings. The van der Waals surface area contributed by atoms with Gasteiger partial charge in [0, 0.05) is 18.3 Å². The molecule has 1 unspecified atom stereocenters. The molecule has 1 atom stereocenters. The third kappa shape index (κ3) is 2.85. The summed E-state index contributed by atoms with van der Waals surface area (Å²) in [5.41, 5.74) is 6.27. The lowest BCUT2D eigenvalue weighted by atomic mass is 10.2. The van der Waals surface area contributed by atoms with Crippen LogP contribution < -0.4 is 11.1 Å². The van der Waals surface area contributed by atoms with E-state index in [2.05, 4.69) is 15.3 Å². The van der Waals surface area contributed by atoms with E-state index in [1.807, 2.05) is 6.92 Å². The zero-order valence-electron chi connectivity index (χ0n) is 9.68. The zero-order valence-corrected chi connectivity index (χ0v) is 10.5. The summed E-state index contributed by atoms with van der Waals surface area (Å²) in [6.45, 7) is 2.20. The smallest absolute Gasteiger partial charge is 0.222 e. The summed E-state index contributed by atoms with van der Waals surface area (Å²) in [4.78, 5) is 7.95. The van der Waals surface area contributed by atoms with Crippen molar-refractivity contribution in [1.29, 1.82) is 0 Å². The third-order valence-corrected chi connectivity index (χ3v) is 5.12. The summed E-state index contributed by atoms with van der Waals surface area (Å²) in [6.07, 6.45) is 1.47. The molecule has 1 aliphatic rings. The molecule has 1 aromatic heterocycles. The second kappa shape index (κ2) is 4.48. The van der Waals surface area contributed by atoms with Crippen molar-refractivity contribution in [2.24, 2.45) is 0 Å². The maximum absolute atomic E-state index is 11.6. The van der Waals surface area contributed by atoms with Gasteiger partial charge in [0.25, 0.3) is 0 Å². The lowest BCUT2D eigenvalue weighted by Crippen LogP contribution is -2.25. The van der Waals surface area contributed by atoms with Gasteiger partial charge in [-0.1, -0.05) is 0 Å². The number of nitrogens with one attached hydrogen (secondary N) is 1. The van der Waals surface area contributed by atoms with Gasteiger partial charge in [0.15, 0.2) is 9.84 Å². The molecule has 0 saturated carbocycles. The van der Waals surface area contributed by atoms with Crippen LogP contribution in [-0.2, 0) is 9.84 Å². The van der Waals surface area contributed by atoms with E-state index in [9.17, 15) is 8.42 Å². The fourth-order valence-corrected chi connectivity index (χ4v) is 3.75. The van der Waals surface area contributed by atoms with Gasteiger partial charge in [-0.25, -0.2) is 13.4 Å². The largest absolute Gasteiger partial charge is 0.369 e. The highest BCUT2D eigenvalue weighted by molar-refractivity contribution is 7.92. The van der Waals surface area contributed by atoms with Gasteiger partial charge in [0.1, 0.15) is 5.82 Å². The Hall–Kier alpha value is -1.37. The molecule has 0 amide bonds. The van der Waals surface area contributed by atoms with Crippen LogP contribution in [0, 0.1) is 6.92 Å². The van der Waals surface area contributed by atoms with E-state index in [1.54, 1.807) is 6.07 Å². The van der Waals surface area contributed by atoms with Crippen molar-refractivity contribution in [1.82, 2.24) is 9.97 Å². The van der Waals surface area contributed by atoms with E-state index in [-0.39, 0.29) is 11.2 Å². The van der Waals surface area contributed by atoms with E-state index in [0.717, 1.165) is 18.5 Å². The van der Waals surface area contributed by atoms with Gasteiger partial charge in [0.2, 0.25) is 5.95 Å². The van der Waals surface area contributed by atoms with E-state index in [0.29, 0.717) is 18.1 Å². The number of hydrogen-bond acceptors (Lipinski definition) is 6. The summed E-state index contributed by atoms with van der Waals surface area (Å²) in [5, 5.41) is 2.71. The van der Waals surface area contributed by atoms with Gasteiger partial charge in [0.05, 0.1) is 11.0 Å². The first-order valence-electron chi connectivity index (χ1n) is 5.54. The summed E-state index contributed by atoms with van der Waals surface area (Å²) in [7, 11) is -2.91. The quantitative estimate of drug-likeness (QED) is 0.810. The molecule has 3 N–H and O–H groups in total. The fourth-order valence-electron chi connectivity index (χ4n) is 1.99. The molecule has 0 bridgehead atoms. The fraction of sp³-hybridized carbons (Fsp3) is 0.600. The van der Waals surface area contributed by atoms with Crippen molar-refractivity contribution in [2.45, 2.75) is 25.0 Å². The van der Waals surface area contributed by atoms with Crippen LogP contribution >= 0.6 is 0 Å². The van der Waals surface area contributed by atoms with Crippen molar-refractivity contribution in [3.05, 3.63) is 11.8 Å². The molecule has 2 heterocycles. The van der Waals surface area contributed by atoms with Crippen LogP contribution in [0.1, 0.15) is 18.5 Å². The van der Waals surface area contributed by atoms with Crippen molar-refractivity contribution in [2.75, 3.05) is 23.3 Å². The standard InChI is InChI=1S/C10H16N4O2S/c1-7-5-9(14-10(11)13-7)12-6-8-3-2-4-17(8,15)16/h5,8H,2-4,6H2,1H3,(H3,11,12,13,14). The second-order valence-corrected chi connectivity index (χ2v) is 6.67. The Morgan fingerprint density at radius 2 is 2.29 bits per heavy atom. The predicted octanol–water partition coefficient (Wildman–Crippen LogP) is 0.356. The van der Waals surface area contributed by atoms with Crippen LogP contribution in [0.5, 0.6) is 0 Å². The molecule has 94 valence electrons. The first-order chi connectivity index (χ1) is 7.97. The average molecular weight is 256 g/mol. The molecule has 1 aliphatic heterocycles. The van der Waals surface area contributed by atoms with Gasteiger partial charge in [-0.05, 0) is 19.8 Å². The maximum Gasteiger partial charge on any atom is 0.222 e. The molecular weight excluding hydrogens is 240 g/mol. The van der Waals surface area contributed by atoms with Crippen LogP contribution in [0.4, 0.5) is 11.8 Å². The Bertz CT molecular complexity index is 495. The summed E-state index contributed by atoms with van der Waals surface area (Å²) in [6, 6.07) is 1.75. The molecule has 0 spiro atoms. The molecule has 6 nitrogen and oxygen atoms in total. The molecule has 1 fully saturated rings. The van der Waals surface area contributed by atoms with Gasteiger partial charge in [-0.2, -0.15) is 4.98 Å². The van der Waals surface area contributed by atoms with Crippen LogP contribution in [-0.4, -0.2) is 35.9 Å². The predicted molar refractivity (Wildman–Crippen MR) is 66.5 cm³/mol. The Kier molecular flexibility index (Phi) is 3.19.